The highest BCUT2D eigenvalue weighted by Crippen LogP contribution is 2.36. The lowest BCUT2D eigenvalue weighted by Crippen LogP contribution is -2.38. The normalized spacial score (nSPS) is 19.4. The molecule has 1 aromatic rings. The molecule has 5 nitrogen and oxygen atoms in total. The predicted octanol–water partition coefficient (Wildman–Crippen LogP) is 1.61. The highest BCUT2D eigenvalue weighted by Gasteiger charge is 2.31. The van der Waals surface area contributed by atoms with Gasteiger partial charge in [-0.2, -0.15) is 0 Å². The average molecular weight is 331 g/mol. The van der Waals surface area contributed by atoms with E-state index in [4.69, 9.17) is 5.73 Å². The molecule has 1 aliphatic carbocycles. The topological polar surface area (TPSA) is 94.3 Å². The van der Waals surface area contributed by atoms with Crippen LogP contribution in [0.1, 0.15) is 37.7 Å². The summed E-state index contributed by atoms with van der Waals surface area (Å²) in [5.74, 6) is 0. The molecule has 1 fully saturated rings. The maximum Gasteiger partial charge on any atom is 0.176 e. The van der Waals surface area contributed by atoms with Crippen molar-refractivity contribution in [3.63, 3.8) is 0 Å². The van der Waals surface area contributed by atoms with Crippen molar-refractivity contribution >= 4 is 19.7 Å². The van der Waals surface area contributed by atoms with Gasteiger partial charge in [-0.3, -0.25) is 0 Å². The van der Waals surface area contributed by atoms with Gasteiger partial charge in [0.25, 0.3) is 0 Å². The molecule has 1 aromatic carbocycles. The average Bonchev–Trinajstić information content (AvgIpc) is 2.37. The van der Waals surface area contributed by atoms with Crippen molar-refractivity contribution in [3.8, 4) is 0 Å². The first-order valence-corrected chi connectivity index (χ1v) is 10.7. The van der Waals surface area contributed by atoms with Crippen molar-refractivity contribution in [3.05, 3.63) is 23.8 Å². The molecule has 118 valence electrons. The lowest BCUT2D eigenvalue weighted by Gasteiger charge is -2.34. The maximum atomic E-state index is 11.9. The van der Waals surface area contributed by atoms with E-state index in [2.05, 4.69) is 0 Å². The molecule has 0 heterocycles. The van der Waals surface area contributed by atoms with E-state index in [0.717, 1.165) is 44.6 Å². The van der Waals surface area contributed by atoms with Gasteiger partial charge in [0.1, 0.15) is 0 Å². The number of hydrogen-bond acceptors (Lipinski definition) is 5. The van der Waals surface area contributed by atoms with Crippen LogP contribution in [-0.2, 0) is 25.2 Å². The van der Waals surface area contributed by atoms with Gasteiger partial charge >= 0.3 is 0 Å². The van der Waals surface area contributed by atoms with Crippen LogP contribution < -0.4 is 5.73 Å². The second kappa shape index (κ2) is 5.37. The van der Waals surface area contributed by atoms with Crippen molar-refractivity contribution in [1.29, 1.82) is 0 Å². The minimum Gasteiger partial charge on any atom is -0.321 e. The molecule has 0 amide bonds. The van der Waals surface area contributed by atoms with Crippen LogP contribution in [0.25, 0.3) is 0 Å². The molecule has 2 N–H and O–H groups in total. The molecule has 0 atom stereocenters. The largest absolute Gasteiger partial charge is 0.321 e. The Hall–Kier alpha value is -0.920. The van der Waals surface area contributed by atoms with Crippen LogP contribution in [0.5, 0.6) is 0 Å². The molecule has 0 spiro atoms. The molecule has 1 aliphatic rings. The molecule has 0 unspecified atom stereocenters. The molecule has 21 heavy (non-hydrogen) atoms. The van der Waals surface area contributed by atoms with Gasteiger partial charge < -0.3 is 5.73 Å². The van der Waals surface area contributed by atoms with E-state index in [1.54, 1.807) is 6.07 Å². The van der Waals surface area contributed by atoms with E-state index in [1.807, 2.05) is 0 Å². The molecule has 0 bridgehead atoms. The first kappa shape index (κ1) is 16.5. The van der Waals surface area contributed by atoms with E-state index < -0.39 is 25.2 Å². The fourth-order valence-electron chi connectivity index (χ4n) is 2.89. The van der Waals surface area contributed by atoms with Gasteiger partial charge in [0.05, 0.1) is 9.79 Å². The summed E-state index contributed by atoms with van der Waals surface area (Å²) in [4.78, 5) is -0.314. The van der Waals surface area contributed by atoms with Crippen LogP contribution in [0, 0.1) is 0 Å². The van der Waals surface area contributed by atoms with E-state index in [-0.39, 0.29) is 9.79 Å². The van der Waals surface area contributed by atoms with E-state index in [9.17, 15) is 16.8 Å². The molecule has 7 heteroatoms. The highest BCUT2D eigenvalue weighted by molar-refractivity contribution is 7.93. The first-order valence-electron chi connectivity index (χ1n) is 6.88. The zero-order valence-electron chi connectivity index (χ0n) is 12.3. The number of benzene rings is 1. The fraction of sp³-hybridized carbons (Fsp3) is 0.571. The summed E-state index contributed by atoms with van der Waals surface area (Å²) in [6, 6.07) is 4.46. The van der Waals surface area contributed by atoms with Gasteiger partial charge in [0, 0.05) is 18.1 Å². The van der Waals surface area contributed by atoms with Crippen LogP contribution in [0.2, 0.25) is 0 Å². The number of nitrogens with two attached hydrogens (primary N) is 1. The van der Waals surface area contributed by atoms with Gasteiger partial charge in [0.2, 0.25) is 0 Å². The van der Waals surface area contributed by atoms with Crippen LogP contribution >= 0.6 is 0 Å². The van der Waals surface area contributed by atoms with Crippen LogP contribution in [0.15, 0.2) is 28.0 Å². The molecule has 0 saturated heterocycles. The molecule has 0 aromatic heterocycles. The third-order valence-electron chi connectivity index (χ3n) is 4.06. The minimum atomic E-state index is -3.64. The summed E-state index contributed by atoms with van der Waals surface area (Å²) in [5.41, 5.74) is 6.55. The Morgan fingerprint density at radius 3 is 1.90 bits per heavy atom. The standard InChI is InChI=1S/C14H21NO4S2/c1-20(16,17)12-7-6-11(10-13(12)21(2,18)19)14(15)8-4-3-5-9-14/h6-7,10H,3-5,8-9,15H2,1-2H3. The zero-order valence-corrected chi connectivity index (χ0v) is 13.9. The van der Waals surface area contributed by atoms with Crippen LogP contribution in [0.4, 0.5) is 0 Å². The number of sulfone groups is 2. The first-order chi connectivity index (χ1) is 9.54. The zero-order chi connectivity index (χ0) is 15.9. The fourth-order valence-corrected chi connectivity index (χ4v) is 5.31. The summed E-state index contributed by atoms with van der Waals surface area (Å²) < 4.78 is 47.4. The molecule has 0 aliphatic heterocycles. The number of rotatable bonds is 3. The Bertz CT molecular complexity index is 745. The highest BCUT2D eigenvalue weighted by atomic mass is 32.2. The SMILES string of the molecule is CS(=O)(=O)c1ccc(C2(N)CCCCC2)cc1S(C)(=O)=O. The Kier molecular flexibility index (Phi) is 4.21. The molecular weight excluding hydrogens is 310 g/mol. The minimum absolute atomic E-state index is 0.155. The van der Waals surface area contributed by atoms with E-state index >= 15 is 0 Å². The molecule has 0 radical (unpaired) electrons. The van der Waals surface area contributed by atoms with Crippen molar-refractivity contribution in [2.45, 2.75) is 47.4 Å². The van der Waals surface area contributed by atoms with Crippen LogP contribution in [-0.4, -0.2) is 29.3 Å². The van der Waals surface area contributed by atoms with Gasteiger partial charge in [-0.25, -0.2) is 16.8 Å². The lowest BCUT2D eigenvalue weighted by atomic mass is 9.77. The predicted molar refractivity (Wildman–Crippen MR) is 81.6 cm³/mol. The van der Waals surface area contributed by atoms with Gasteiger partial charge in [-0.15, -0.1) is 0 Å². The smallest absolute Gasteiger partial charge is 0.176 e. The molecular formula is C14H21NO4S2. The Labute approximate surface area is 126 Å². The molecule has 2 rings (SSSR count). The van der Waals surface area contributed by atoms with Crippen molar-refractivity contribution < 1.29 is 16.8 Å². The second-order valence-electron chi connectivity index (χ2n) is 5.92. The summed E-state index contributed by atoms with van der Waals surface area (Å²) in [7, 11) is -7.24. The lowest BCUT2D eigenvalue weighted by molar-refractivity contribution is 0.301. The summed E-state index contributed by atoms with van der Waals surface area (Å²) in [6.45, 7) is 0. The quantitative estimate of drug-likeness (QED) is 0.908. The van der Waals surface area contributed by atoms with Crippen molar-refractivity contribution in [2.24, 2.45) is 5.73 Å². The Morgan fingerprint density at radius 1 is 0.905 bits per heavy atom. The monoisotopic (exact) mass is 331 g/mol. The Morgan fingerprint density at radius 2 is 1.43 bits per heavy atom. The third-order valence-corrected chi connectivity index (χ3v) is 6.48. The second-order valence-corrected chi connectivity index (χ2v) is 9.89. The van der Waals surface area contributed by atoms with E-state index in [0.29, 0.717) is 5.56 Å². The number of hydrogen-bond donors (Lipinski definition) is 1. The Balaban J connectivity index is 2.63. The van der Waals surface area contributed by atoms with Gasteiger partial charge in [-0.05, 0) is 30.5 Å². The maximum absolute atomic E-state index is 11.9. The summed E-state index contributed by atoms with van der Waals surface area (Å²) in [5, 5.41) is 0. The third kappa shape index (κ3) is 3.46. The van der Waals surface area contributed by atoms with E-state index in [1.165, 1.54) is 12.1 Å². The molecule has 1 saturated carbocycles. The van der Waals surface area contributed by atoms with Crippen molar-refractivity contribution in [1.82, 2.24) is 0 Å². The van der Waals surface area contributed by atoms with Gasteiger partial charge in [-0.1, -0.05) is 25.3 Å². The van der Waals surface area contributed by atoms with Gasteiger partial charge in [0.15, 0.2) is 19.7 Å². The van der Waals surface area contributed by atoms with Crippen LogP contribution in [0.3, 0.4) is 0 Å². The summed E-state index contributed by atoms with van der Waals surface area (Å²) in [6.07, 6.45) is 6.72. The summed E-state index contributed by atoms with van der Waals surface area (Å²) >= 11 is 0. The van der Waals surface area contributed by atoms with Crippen molar-refractivity contribution in [2.75, 3.05) is 12.5 Å².